The number of amides is 1. The molecule has 0 fully saturated rings. The minimum absolute atomic E-state index is 0.146. The summed E-state index contributed by atoms with van der Waals surface area (Å²) in [4.78, 5) is 23.7. The Hall–Kier alpha value is -2.82. The molecule has 1 atom stereocenters. The van der Waals surface area contributed by atoms with Crippen molar-refractivity contribution in [1.29, 1.82) is 0 Å². The van der Waals surface area contributed by atoms with E-state index in [1.165, 1.54) is 5.56 Å². The highest BCUT2D eigenvalue weighted by Gasteiger charge is 2.21. The fourth-order valence-corrected chi connectivity index (χ4v) is 2.36. The average molecular weight is 369 g/mol. The number of benzene rings is 2. The Morgan fingerprint density at radius 1 is 0.963 bits per heavy atom. The first kappa shape index (κ1) is 20.5. The van der Waals surface area contributed by atoms with Crippen molar-refractivity contribution in [2.24, 2.45) is 0 Å². The summed E-state index contributed by atoms with van der Waals surface area (Å²) in [6.07, 6.45) is -0.644. The van der Waals surface area contributed by atoms with Gasteiger partial charge in [0.05, 0.1) is 0 Å². The van der Waals surface area contributed by atoms with Gasteiger partial charge in [0.15, 0.2) is 0 Å². The predicted octanol–water partition coefficient (Wildman–Crippen LogP) is 4.62. The van der Waals surface area contributed by atoms with Crippen LogP contribution in [0.15, 0.2) is 48.5 Å². The number of rotatable bonds is 5. The number of alkyl carbamates (subject to hydrolysis) is 1. The monoisotopic (exact) mass is 369 g/mol. The summed E-state index contributed by atoms with van der Waals surface area (Å²) in [5, 5.41) is 2.47. The van der Waals surface area contributed by atoms with E-state index in [1.54, 1.807) is 27.7 Å². The predicted molar refractivity (Wildman–Crippen MR) is 105 cm³/mol. The molecular formula is C22H27NO4. The molecule has 0 bridgehead atoms. The Morgan fingerprint density at radius 2 is 1.48 bits per heavy atom. The second kappa shape index (κ2) is 8.71. The summed E-state index contributed by atoms with van der Waals surface area (Å²) in [6, 6.07) is 15.4. The maximum absolute atomic E-state index is 12.0. The summed E-state index contributed by atoms with van der Waals surface area (Å²) in [6.45, 7) is 9.04. The summed E-state index contributed by atoms with van der Waals surface area (Å²) < 4.78 is 10.4. The third kappa shape index (κ3) is 6.77. The number of nitrogens with one attached hydrogen (secondary N) is 1. The van der Waals surface area contributed by atoms with Crippen LogP contribution in [-0.4, -0.2) is 23.7 Å². The van der Waals surface area contributed by atoms with E-state index in [-0.39, 0.29) is 6.61 Å². The molecule has 5 nitrogen and oxygen atoms in total. The van der Waals surface area contributed by atoms with E-state index in [9.17, 15) is 9.59 Å². The van der Waals surface area contributed by atoms with Gasteiger partial charge in [-0.25, -0.2) is 9.59 Å². The van der Waals surface area contributed by atoms with Gasteiger partial charge in [-0.2, -0.15) is 0 Å². The largest absolute Gasteiger partial charge is 0.459 e. The van der Waals surface area contributed by atoms with E-state index in [1.807, 2.05) is 24.3 Å². The maximum atomic E-state index is 12.0. The fourth-order valence-electron chi connectivity index (χ4n) is 2.36. The minimum atomic E-state index is -0.785. The zero-order chi connectivity index (χ0) is 20.0. The number of aryl methyl sites for hydroxylation is 1. The summed E-state index contributed by atoms with van der Waals surface area (Å²) in [5.74, 6) is -0.511. The van der Waals surface area contributed by atoms with E-state index in [2.05, 4.69) is 36.5 Å². The molecule has 0 radical (unpaired) electrons. The van der Waals surface area contributed by atoms with Crippen LogP contribution in [0.2, 0.25) is 0 Å². The van der Waals surface area contributed by atoms with Gasteiger partial charge in [-0.15, -0.1) is 0 Å². The summed E-state index contributed by atoms with van der Waals surface area (Å²) in [7, 11) is 0. The van der Waals surface area contributed by atoms with Crippen LogP contribution < -0.4 is 5.32 Å². The molecule has 2 rings (SSSR count). The fraction of sp³-hybridized carbons (Fsp3) is 0.364. The minimum Gasteiger partial charge on any atom is -0.459 e. The normalized spacial score (nSPS) is 12.2. The lowest BCUT2D eigenvalue weighted by Crippen LogP contribution is -2.42. The van der Waals surface area contributed by atoms with Gasteiger partial charge in [0.25, 0.3) is 0 Å². The van der Waals surface area contributed by atoms with Crippen LogP contribution in [0.4, 0.5) is 4.79 Å². The van der Waals surface area contributed by atoms with E-state index in [0.29, 0.717) is 0 Å². The van der Waals surface area contributed by atoms with E-state index in [4.69, 9.17) is 9.47 Å². The van der Waals surface area contributed by atoms with Crippen molar-refractivity contribution < 1.29 is 19.1 Å². The molecule has 2 aromatic carbocycles. The lowest BCUT2D eigenvalue weighted by atomic mass is 10.0. The third-order valence-corrected chi connectivity index (χ3v) is 3.81. The second-order valence-corrected chi connectivity index (χ2v) is 7.54. The Bertz CT molecular complexity index is 773. The van der Waals surface area contributed by atoms with Crippen molar-refractivity contribution in [2.45, 2.75) is 52.9 Å². The third-order valence-electron chi connectivity index (χ3n) is 3.81. The smallest absolute Gasteiger partial charge is 0.408 e. The van der Waals surface area contributed by atoms with E-state index >= 15 is 0 Å². The van der Waals surface area contributed by atoms with Crippen LogP contribution in [0.3, 0.4) is 0 Å². The molecule has 1 N–H and O–H groups in total. The molecule has 0 heterocycles. The highest BCUT2D eigenvalue weighted by molar-refractivity contribution is 5.81. The van der Waals surface area contributed by atoms with Gasteiger partial charge in [0.2, 0.25) is 0 Å². The zero-order valence-electron chi connectivity index (χ0n) is 16.5. The highest BCUT2D eigenvalue weighted by Crippen LogP contribution is 2.20. The van der Waals surface area contributed by atoms with Crippen molar-refractivity contribution in [3.8, 4) is 11.1 Å². The first-order valence-electron chi connectivity index (χ1n) is 8.96. The van der Waals surface area contributed by atoms with Gasteiger partial charge in [-0.05, 0) is 51.3 Å². The maximum Gasteiger partial charge on any atom is 0.408 e. The number of esters is 1. The van der Waals surface area contributed by atoms with Crippen LogP contribution >= 0.6 is 0 Å². The van der Waals surface area contributed by atoms with Crippen molar-refractivity contribution in [3.63, 3.8) is 0 Å². The van der Waals surface area contributed by atoms with Crippen LogP contribution in [0, 0.1) is 6.92 Å². The second-order valence-electron chi connectivity index (χ2n) is 7.54. The molecule has 0 aliphatic rings. The van der Waals surface area contributed by atoms with Crippen molar-refractivity contribution in [1.82, 2.24) is 5.32 Å². The molecule has 0 aliphatic carbocycles. The van der Waals surface area contributed by atoms with Crippen LogP contribution in [0.25, 0.3) is 11.1 Å². The van der Waals surface area contributed by atoms with Gasteiger partial charge >= 0.3 is 12.1 Å². The zero-order valence-corrected chi connectivity index (χ0v) is 16.5. The van der Waals surface area contributed by atoms with Crippen LogP contribution in [-0.2, 0) is 20.9 Å². The molecule has 0 saturated heterocycles. The average Bonchev–Trinajstić information content (AvgIpc) is 2.59. The lowest BCUT2D eigenvalue weighted by molar-refractivity contribution is -0.147. The SMILES string of the molecule is Cc1ccc(-c2ccc(COC(=O)C(C)NC(=O)OC(C)(C)C)cc2)cc1. The van der Waals surface area contributed by atoms with Crippen LogP contribution in [0.1, 0.15) is 38.8 Å². The Labute approximate surface area is 160 Å². The Balaban J connectivity index is 1.86. The van der Waals surface area contributed by atoms with Crippen LogP contribution in [0.5, 0.6) is 0 Å². The van der Waals surface area contributed by atoms with Gasteiger partial charge in [-0.3, -0.25) is 0 Å². The number of carbonyl (C=O) groups excluding carboxylic acids is 2. The number of ether oxygens (including phenoxy) is 2. The highest BCUT2D eigenvalue weighted by atomic mass is 16.6. The molecule has 1 amide bonds. The lowest BCUT2D eigenvalue weighted by Gasteiger charge is -2.21. The molecule has 0 spiro atoms. The van der Waals surface area contributed by atoms with Crippen molar-refractivity contribution in [2.75, 3.05) is 0 Å². The number of hydrogen-bond acceptors (Lipinski definition) is 4. The van der Waals surface area contributed by atoms with E-state index in [0.717, 1.165) is 16.7 Å². The molecule has 0 aromatic heterocycles. The molecule has 5 heteroatoms. The van der Waals surface area contributed by atoms with Gasteiger partial charge in [0, 0.05) is 0 Å². The standard InChI is InChI=1S/C22H27NO4/c1-15-6-10-18(11-7-15)19-12-8-17(9-13-19)14-26-20(24)16(2)23-21(25)27-22(3,4)5/h6-13,16H,14H2,1-5H3,(H,23,25). The molecule has 0 saturated carbocycles. The quantitative estimate of drug-likeness (QED) is 0.781. The van der Waals surface area contributed by atoms with Gasteiger partial charge < -0.3 is 14.8 Å². The number of hydrogen-bond donors (Lipinski definition) is 1. The summed E-state index contributed by atoms with van der Waals surface area (Å²) >= 11 is 0. The molecular weight excluding hydrogens is 342 g/mol. The number of carbonyl (C=O) groups is 2. The molecule has 144 valence electrons. The topological polar surface area (TPSA) is 64.6 Å². The molecule has 2 aromatic rings. The first-order chi connectivity index (χ1) is 12.6. The summed E-state index contributed by atoms with van der Waals surface area (Å²) in [5.41, 5.74) is 3.72. The van der Waals surface area contributed by atoms with Crippen molar-refractivity contribution >= 4 is 12.1 Å². The molecule has 27 heavy (non-hydrogen) atoms. The Morgan fingerprint density at radius 3 is 2.00 bits per heavy atom. The van der Waals surface area contributed by atoms with Gasteiger partial charge in [0.1, 0.15) is 18.2 Å². The molecule has 1 unspecified atom stereocenters. The van der Waals surface area contributed by atoms with E-state index < -0.39 is 23.7 Å². The first-order valence-corrected chi connectivity index (χ1v) is 8.96. The van der Waals surface area contributed by atoms with Gasteiger partial charge in [-0.1, -0.05) is 54.1 Å². The Kier molecular flexibility index (Phi) is 6.61. The van der Waals surface area contributed by atoms with Crippen molar-refractivity contribution in [3.05, 3.63) is 59.7 Å². The molecule has 0 aliphatic heterocycles.